The number of benzene rings is 3. The van der Waals surface area contributed by atoms with Gasteiger partial charge in [-0.1, -0.05) is 30.3 Å². The zero-order valence-electron chi connectivity index (χ0n) is 17.5. The molecule has 0 fully saturated rings. The van der Waals surface area contributed by atoms with Crippen molar-refractivity contribution in [2.45, 2.75) is 19.5 Å². The summed E-state index contributed by atoms with van der Waals surface area (Å²) < 4.78 is 13.1. The molecule has 0 saturated heterocycles. The van der Waals surface area contributed by atoms with Crippen LogP contribution in [0.15, 0.2) is 66.7 Å². The minimum absolute atomic E-state index is 0.00427. The van der Waals surface area contributed by atoms with Crippen LogP contribution in [0.4, 0.5) is 0 Å². The van der Waals surface area contributed by atoms with Crippen LogP contribution in [0, 0.1) is 0 Å². The molecule has 1 amide bonds. The zero-order chi connectivity index (χ0) is 21.7. The van der Waals surface area contributed by atoms with Crippen LogP contribution in [0.1, 0.15) is 27.2 Å². The van der Waals surface area contributed by atoms with E-state index in [0.29, 0.717) is 36.7 Å². The van der Waals surface area contributed by atoms with E-state index < -0.39 is 0 Å². The van der Waals surface area contributed by atoms with Gasteiger partial charge >= 0.3 is 0 Å². The highest BCUT2D eigenvalue weighted by molar-refractivity contribution is 5.95. The standard InChI is InChI=1S/C26H22N2O4/c29-19-8-5-17(6-9-19)14-28-22-4-2-1-3-20(22)21-11-12-27(15-23(21)28)26(30)18-7-10-24-25(13-18)32-16-31-24/h1-10,13,29H,11-12,14-16H2. The highest BCUT2D eigenvalue weighted by Gasteiger charge is 2.28. The molecule has 6 heteroatoms. The van der Waals surface area contributed by atoms with Crippen LogP contribution in [-0.4, -0.2) is 33.8 Å². The second kappa shape index (κ2) is 7.34. The highest BCUT2D eigenvalue weighted by atomic mass is 16.7. The van der Waals surface area contributed by atoms with Gasteiger partial charge in [-0.15, -0.1) is 0 Å². The third-order valence-corrected chi connectivity index (χ3v) is 6.35. The van der Waals surface area contributed by atoms with Gasteiger partial charge in [0.05, 0.1) is 6.54 Å². The molecule has 3 heterocycles. The minimum atomic E-state index is -0.00427. The van der Waals surface area contributed by atoms with Gasteiger partial charge in [-0.05, 0) is 53.9 Å². The normalized spacial score (nSPS) is 14.6. The van der Waals surface area contributed by atoms with Gasteiger partial charge in [-0.2, -0.15) is 0 Å². The Bertz CT molecular complexity index is 1340. The predicted octanol–water partition coefficient (Wildman–Crippen LogP) is 4.32. The third-order valence-electron chi connectivity index (χ3n) is 6.35. The molecule has 0 atom stereocenters. The summed E-state index contributed by atoms with van der Waals surface area (Å²) in [5.74, 6) is 1.55. The molecule has 0 radical (unpaired) electrons. The zero-order valence-corrected chi connectivity index (χ0v) is 17.5. The lowest BCUT2D eigenvalue weighted by atomic mass is 10.0. The summed E-state index contributed by atoms with van der Waals surface area (Å²) in [5, 5.41) is 10.9. The van der Waals surface area contributed by atoms with Crippen LogP contribution in [-0.2, 0) is 19.5 Å². The van der Waals surface area contributed by atoms with E-state index in [-0.39, 0.29) is 18.4 Å². The van der Waals surface area contributed by atoms with Crippen LogP contribution >= 0.6 is 0 Å². The third kappa shape index (κ3) is 3.07. The number of ether oxygens (including phenoxy) is 2. The first-order chi connectivity index (χ1) is 15.7. The number of carbonyl (C=O) groups is 1. The van der Waals surface area contributed by atoms with Crippen molar-refractivity contribution in [2.75, 3.05) is 13.3 Å². The number of aromatic hydroxyl groups is 1. The maximum absolute atomic E-state index is 13.3. The average molecular weight is 426 g/mol. The maximum atomic E-state index is 13.3. The number of carbonyl (C=O) groups excluding carboxylic acids is 1. The number of fused-ring (bicyclic) bond motifs is 4. The van der Waals surface area contributed by atoms with Crippen LogP contribution in [0.5, 0.6) is 17.2 Å². The number of phenols is 1. The summed E-state index contributed by atoms with van der Waals surface area (Å²) in [6.07, 6.45) is 0.814. The van der Waals surface area contributed by atoms with Crippen molar-refractivity contribution in [3.05, 3.63) is 89.1 Å². The van der Waals surface area contributed by atoms with Gasteiger partial charge in [0.2, 0.25) is 6.79 Å². The Morgan fingerprint density at radius 2 is 1.78 bits per heavy atom. The van der Waals surface area contributed by atoms with E-state index in [2.05, 4.69) is 28.8 Å². The van der Waals surface area contributed by atoms with Crippen LogP contribution in [0.2, 0.25) is 0 Å². The minimum Gasteiger partial charge on any atom is -0.508 e. The van der Waals surface area contributed by atoms with Gasteiger partial charge < -0.3 is 24.0 Å². The summed E-state index contributed by atoms with van der Waals surface area (Å²) in [6.45, 7) is 2.10. The van der Waals surface area contributed by atoms with E-state index in [1.807, 2.05) is 17.0 Å². The fourth-order valence-corrected chi connectivity index (χ4v) is 4.74. The summed E-state index contributed by atoms with van der Waals surface area (Å²) in [6, 6.07) is 21.1. The molecule has 0 aliphatic carbocycles. The van der Waals surface area contributed by atoms with Crippen molar-refractivity contribution in [2.24, 2.45) is 0 Å². The van der Waals surface area contributed by atoms with Gasteiger partial charge in [-0.25, -0.2) is 0 Å². The molecular weight excluding hydrogens is 404 g/mol. The number of aromatic nitrogens is 1. The number of hydrogen-bond donors (Lipinski definition) is 1. The van der Waals surface area contributed by atoms with Crippen molar-refractivity contribution in [1.29, 1.82) is 0 Å². The Kier molecular flexibility index (Phi) is 4.31. The summed E-state index contributed by atoms with van der Waals surface area (Å²) in [5.41, 5.74) is 5.36. The lowest BCUT2D eigenvalue weighted by Gasteiger charge is -2.29. The lowest BCUT2D eigenvalue weighted by molar-refractivity contribution is 0.0730. The van der Waals surface area contributed by atoms with Crippen molar-refractivity contribution < 1.29 is 19.4 Å². The van der Waals surface area contributed by atoms with Crippen LogP contribution in [0.25, 0.3) is 10.9 Å². The first kappa shape index (κ1) is 18.8. The summed E-state index contributed by atoms with van der Waals surface area (Å²) in [4.78, 5) is 15.2. The van der Waals surface area contributed by atoms with E-state index in [9.17, 15) is 9.90 Å². The number of phenolic OH excluding ortho intramolecular Hbond substituents is 1. The van der Waals surface area contributed by atoms with Crippen LogP contribution < -0.4 is 9.47 Å². The number of amides is 1. The second-order valence-electron chi connectivity index (χ2n) is 8.24. The molecular formula is C26H22N2O4. The van der Waals surface area contributed by atoms with E-state index >= 15 is 0 Å². The smallest absolute Gasteiger partial charge is 0.254 e. The largest absolute Gasteiger partial charge is 0.508 e. The second-order valence-corrected chi connectivity index (χ2v) is 8.24. The lowest BCUT2D eigenvalue weighted by Crippen LogP contribution is -2.36. The number of nitrogens with zero attached hydrogens (tertiary/aromatic N) is 2. The Hall–Kier alpha value is -3.93. The highest BCUT2D eigenvalue weighted by Crippen LogP contribution is 2.35. The van der Waals surface area contributed by atoms with Crippen molar-refractivity contribution in [3.63, 3.8) is 0 Å². The Balaban J connectivity index is 1.36. The van der Waals surface area contributed by atoms with Gasteiger partial charge in [0, 0.05) is 35.2 Å². The number of hydrogen-bond acceptors (Lipinski definition) is 4. The molecule has 1 N–H and O–H groups in total. The quantitative estimate of drug-likeness (QED) is 0.530. The summed E-state index contributed by atoms with van der Waals surface area (Å²) >= 11 is 0. The van der Waals surface area contributed by atoms with Gasteiger partial charge in [-0.3, -0.25) is 4.79 Å². The Morgan fingerprint density at radius 1 is 0.969 bits per heavy atom. The van der Waals surface area contributed by atoms with Crippen molar-refractivity contribution >= 4 is 16.8 Å². The van der Waals surface area contributed by atoms with E-state index in [4.69, 9.17) is 9.47 Å². The first-order valence-corrected chi connectivity index (χ1v) is 10.7. The van der Waals surface area contributed by atoms with Gasteiger partial charge in [0.25, 0.3) is 5.91 Å². The monoisotopic (exact) mass is 426 g/mol. The first-order valence-electron chi connectivity index (χ1n) is 10.7. The van der Waals surface area contributed by atoms with E-state index in [1.54, 1.807) is 30.3 Å². The molecule has 2 aliphatic heterocycles. The molecule has 4 aromatic rings. The van der Waals surface area contributed by atoms with Gasteiger partial charge in [0.15, 0.2) is 11.5 Å². The molecule has 2 aliphatic rings. The van der Waals surface area contributed by atoms with Crippen molar-refractivity contribution in [1.82, 2.24) is 9.47 Å². The molecule has 1 aromatic heterocycles. The van der Waals surface area contributed by atoms with Crippen LogP contribution in [0.3, 0.4) is 0 Å². The number of rotatable bonds is 3. The van der Waals surface area contributed by atoms with E-state index in [1.165, 1.54) is 22.2 Å². The molecule has 160 valence electrons. The van der Waals surface area contributed by atoms with E-state index in [0.717, 1.165) is 12.0 Å². The molecule has 6 rings (SSSR count). The maximum Gasteiger partial charge on any atom is 0.254 e. The Morgan fingerprint density at radius 3 is 2.66 bits per heavy atom. The van der Waals surface area contributed by atoms with Crippen molar-refractivity contribution in [3.8, 4) is 17.2 Å². The Labute approximate surface area is 185 Å². The predicted molar refractivity (Wildman–Crippen MR) is 120 cm³/mol. The molecule has 0 bridgehead atoms. The fourth-order valence-electron chi connectivity index (χ4n) is 4.74. The molecule has 0 unspecified atom stereocenters. The molecule has 3 aromatic carbocycles. The molecule has 0 spiro atoms. The molecule has 32 heavy (non-hydrogen) atoms. The van der Waals surface area contributed by atoms with Gasteiger partial charge in [0.1, 0.15) is 5.75 Å². The molecule has 6 nitrogen and oxygen atoms in total. The topological polar surface area (TPSA) is 63.9 Å². The average Bonchev–Trinajstić information content (AvgIpc) is 3.42. The fraction of sp³-hybridized carbons (Fsp3) is 0.192. The number of para-hydroxylation sites is 1. The summed E-state index contributed by atoms with van der Waals surface area (Å²) in [7, 11) is 0. The molecule has 0 saturated carbocycles. The SMILES string of the molecule is O=C(c1ccc2c(c1)OCO2)N1CCc2c(n(Cc3ccc(O)cc3)c3ccccc23)C1.